The second-order valence-corrected chi connectivity index (χ2v) is 7.47. The molecule has 0 atom stereocenters. The highest BCUT2D eigenvalue weighted by molar-refractivity contribution is 14.1. The fraction of sp³-hybridized carbons (Fsp3) is 0. The average molecular weight is 462 g/mol. The van der Waals surface area contributed by atoms with Crippen LogP contribution in [0, 0.1) is 3.57 Å². The van der Waals surface area contributed by atoms with Gasteiger partial charge in [-0.2, -0.15) is 0 Å². The van der Waals surface area contributed by atoms with Crippen molar-refractivity contribution in [1.29, 1.82) is 0 Å². The summed E-state index contributed by atoms with van der Waals surface area (Å²) in [6.45, 7) is 0. The average Bonchev–Trinajstić information content (AvgIpc) is 3.28. The summed E-state index contributed by atoms with van der Waals surface area (Å²) in [5.41, 5.74) is 3.88. The van der Waals surface area contributed by atoms with Crippen molar-refractivity contribution in [2.75, 3.05) is 0 Å². The van der Waals surface area contributed by atoms with Crippen molar-refractivity contribution < 1.29 is 8.83 Å². The molecule has 4 aromatic carbocycles. The molecule has 27 heavy (non-hydrogen) atoms. The summed E-state index contributed by atoms with van der Waals surface area (Å²) >= 11 is 2.30. The van der Waals surface area contributed by atoms with E-state index in [0.717, 1.165) is 25.9 Å². The fourth-order valence-electron chi connectivity index (χ4n) is 3.39. The van der Waals surface area contributed by atoms with E-state index in [0.29, 0.717) is 0 Å². The lowest BCUT2D eigenvalue weighted by Crippen LogP contribution is -1.69. The zero-order valence-electron chi connectivity index (χ0n) is 14.4. The van der Waals surface area contributed by atoms with Gasteiger partial charge in [-0.05, 0) is 46.9 Å². The van der Waals surface area contributed by atoms with Crippen molar-refractivity contribution in [3.05, 3.63) is 94.6 Å². The molecule has 0 unspecified atom stereocenters. The quantitative estimate of drug-likeness (QED) is 0.216. The van der Waals surface area contributed by atoms with E-state index in [1.165, 1.54) is 21.5 Å². The lowest BCUT2D eigenvalue weighted by Gasteiger charge is -1.90. The van der Waals surface area contributed by atoms with Crippen molar-refractivity contribution in [2.24, 2.45) is 0 Å². The lowest BCUT2D eigenvalue weighted by molar-refractivity contribution is 0.666. The SMILES string of the molecule is Ic1cccc2c1oc1ccccc12.c1ccc2c(c1)oc1ccccc12. The highest BCUT2D eigenvalue weighted by atomic mass is 127. The Kier molecular flexibility index (Phi) is 4.09. The van der Waals surface area contributed by atoms with E-state index in [1.807, 2.05) is 54.6 Å². The molecule has 0 spiro atoms. The van der Waals surface area contributed by atoms with E-state index >= 15 is 0 Å². The van der Waals surface area contributed by atoms with Gasteiger partial charge in [-0.25, -0.2) is 0 Å². The Balaban J connectivity index is 0.000000119. The molecule has 0 bridgehead atoms. The van der Waals surface area contributed by atoms with Crippen molar-refractivity contribution in [3.63, 3.8) is 0 Å². The van der Waals surface area contributed by atoms with Crippen LogP contribution in [0.2, 0.25) is 0 Å². The van der Waals surface area contributed by atoms with Gasteiger partial charge in [-0.1, -0.05) is 66.7 Å². The van der Waals surface area contributed by atoms with E-state index in [-0.39, 0.29) is 0 Å². The van der Waals surface area contributed by atoms with Crippen LogP contribution in [0.4, 0.5) is 0 Å². The predicted octanol–water partition coefficient (Wildman–Crippen LogP) is 7.78. The van der Waals surface area contributed by atoms with Crippen molar-refractivity contribution >= 4 is 66.5 Å². The molecule has 6 rings (SSSR count). The maximum atomic E-state index is 5.78. The summed E-state index contributed by atoms with van der Waals surface area (Å²) in [4.78, 5) is 0. The molecule has 0 fully saturated rings. The van der Waals surface area contributed by atoms with Crippen molar-refractivity contribution in [3.8, 4) is 0 Å². The normalized spacial score (nSPS) is 11.1. The molecule has 0 aliphatic rings. The highest BCUT2D eigenvalue weighted by Crippen LogP contribution is 2.31. The number of para-hydroxylation sites is 4. The van der Waals surface area contributed by atoms with Gasteiger partial charge in [0.1, 0.15) is 22.3 Å². The minimum atomic E-state index is 0.962. The Morgan fingerprint density at radius 2 is 0.889 bits per heavy atom. The van der Waals surface area contributed by atoms with Gasteiger partial charge in [0.15, 0.2) is 0 Å². The van der Waals surface area contributed by atoms with Crippen LogP contribution in [0.5, 0.6) is 0 Å². The second kappa shape index (κ2) is 6.74. The highest BCUT2D eigenvalue weighted by Gasteiger charge is 2.07. The van der Waals surface area contributed by atoms with Crippen LogP contribution in [0.1, 0.15) is 0 Å². The summed E-state index contributed by atoms with van der Waals surface area (Å²) < 4.78 is 12.6. The molecule has 0 saturated carbocycles. The lowest BCUT2D eigenvalue weighted by atomic mass is 10.2. The van der Waals surface area contributed by atoms with Crippen molar-refractivity contribution in [1.82, 2.24) is 0 Å². The Bertz CT molecular complexity index is 1340. The smallest absolute Gasteiger partial charge is 0.148 e. The number of hydrogen-bond acceptors (Lipinski definition) is 2. The third kappa shape index (κ3) is 2.88. The van der Waals surface area contributed by atoms with Gasteiger partial charge < -0.3 is 8.83 Å². The zero-order valence-corrected chi connectivity index (χ0v) is 16.5. The molecule has 2 heterocycles. The van der Waals surface area contributed by atoms with Crippen LogP contribution in [0.3, 0.4) is 0 Å². The van der Waals surface area contributed by atoms with Crippen LogP contribution in [-0.4, -0.2) is 0 Å². The van der Waals surface area contributed by atoms with Gasteiger partial charge in [0, 0.05) is 21.5 Å². The minimum absolute atomic E-state index is 0.962. The monoisotopic (exact) mass is 462 g/mol. The van der Waals surface area contributed by atoms with Crippen LogP contribution in [0.25, 0.3) is 43.9 Å². The summed E-state index contributed by atoms with van der Waals surface area (Å²) in [6, 6.07) is 30.6. The molecule has 0 saturated heterocycles. The largest absolute Gasteiger partial charge is 0.456 e. The first-order valence-corrected chi connectivity index (χ1v) is 9.81. The van der Waals surface area contributed by atoms with E-state index < -0.39 is 0 Å². The van der Waals surface area contributed by atoms with E-state index in [2.05, 4.69) is 59.0 Å². The van der Waals surface area contributed by atoms with Crippen LogP contribution >= 0.6 is 22.6 Å². The van der Waals surface area contributed by atoms with Gasteiger partial charge >= 0.3 is 0 Å². The maximum absolute atomic E-state index is 5.78. The first-order chi connectivity index (χ1) is 13.3. The van der Waals surface area contributed by atoms with Gasteiger partial charge in [0.25, 0.3) is 0 Å². The molecule has 2 aromatic heterocycles. The molecule has 0 aliphatic heterocycles. The second-order valence-electron chi connectivity index (χ2n) is 6.31. The molecule has 130 valence electrons. The van der Waals surface area contributed by atoms with Crippen LogP contribution in [0.15, 0.2) is 99.8 Å². The van der Waals surface area contributed by atoms with Crippen LogP contribution in [-0.2, 0) is 0 Å². The number of furan rings is 2. The number of rotatable bonds is 0. The minimum Gasteiger partial charge on any atom is -0.456 e. The predicted molar refractivity (Wildman–Crippen MR) is 120 cm³/mol. The summed E-state index contributed by atoms with van der Waals surface area (Å²) in [5, 5.41) is 4.78. The molecular weight excluding hydrogens is 447 g/mol. The number of halogens is 1. The maximum Gasteiger partial charge on any atom is 0.148 e. The Hall–Kier alpha value is -2.79. The molecule has 0 amide bonds. The zero-order chi connectivity index (χ0) is 18.2. The van der Waals surface area contributed by atoms with E-state index in [9.17, 15) is 0 Å². The third-order valence-corrected chi connectivity index (χ3v) is 5.49. The molecule has 2 nitrogen and oxygen atoms in total. The Morgan fingerprint density at radius 3 is 1.48 bits per heavy atom. The number of benzene rings is 4. The molecule has 3 heteroatoms. The summed E-state index contributed by atoms with van der Waals surface area (Å²) in [7, 11) is 0. The third-order valence-electron chi connectivity index (χ3n) is 4.64. The van der Waals surface area contributed by atoms with Gasteiger partial charge in [0.2, 0.25) is 0 Å². The first kappa shape index (κ1) is 16.4. The van der Waals surface area contributed by atoms with Gasteiger partial charge in [-0.15, -0.1) is 0 Å². The van der Waals surface area contributed by atoms with Gasteiger partial charge in [0.05, 0.1) is 3.57 Å². The molecular formula is C24H15IO2. The van der Waals surface area contributed by atoms with Crippen molar-refractivity contribution in [2.45, 2.75) is 0 Å². The fourth-order valence-corrected chi connectivity index (χ4v) is 4.00. The molecule has 6 aromatic rings. The van der Waals surface area contributed by atoms with Gasteiger partial charge in [-0.3, -0.25) is 0 Å². The summed E-state index contributed by atoms with van der Waals surface area (Å²) in [5.74, 6) is 0. The van der Waals surface area contributed by atoms with E-state index in [4.69, 9.17) is 8.83 Å². The van der Waals surface area contributed by atoms with E-state index in [1.54, 1.807) is 0 Å². The molecule has 0 radical (unpaired) electrons. The summed E-state index contributed by atoms with van der Waals surface area (Å²) in [6.07, 6.45) is 0. The molecule has 0 N–H and O–H groups in total. The molecule has 0 aliphatic carbocycles. The number of fused-ring (bicyclic) bond motifs is 6. The Morgan fingerprint density at radius 1 is 0.444 bits per heavy atom. The topological polar surface area (TPSA) is 26.3 Å². The van der Waals surface area contributed by atoms with Crippen LogP contribution < -0.4 is 0 Å². The first-order valence-electron chi connectivity index (χ1n) is 8.73. The number of hydrogen-bond donors (Lipinski definition) is 0. The standard InChI is InChI=1S/C12H7IO.C12H8O/c13-10-6-3-5-9-8-4-1-2-7-11(8)14-12(9)10;1-3-7-11-9(5-1)10-6-2-4-8-12(10)13-11/h1-7H;1-8H. The Labute approximate surface area is 169 Å².